The van der Waals surface area contributed by atoms with Gasteiger partial charge in [0.05, 0.1) is 5.60 Å². The van der Waals surface area contributed by atoms with Gasteiger partial charge in [0.15, 0.2) is 5.78 Å². The van der Waals surface area contributed by atoms with E-state index < -0.39 is 11.7 Å². The predicted octanol–water partition coefficient (Wildman–Crippen LogP) is 2.95. The van der Waals surface area contributed by atoms with Crippen LogP contribution in [0, 0.1) is 5.92 Å². The average molecular weight is 294 g/mol. The van der Waals surface area contributed by atoms with Crippen molar-refractivity contribution < 1.29 is 19.4 Å². The highest BCUT2D eigenvalue weighted by molar-refractivity contribution is 5.95. The molecule has 0 saturated carbocycles. The highest BCUT2D eigenvalue weighted by atomic mass is 16.5. The molecule has 0 saturated heterocycles. The van der Waals surface area contributed by atoms with Crippen LogP contribution in [0.2, 0.25) is 0 Å². The summed E-state index contributed by atoms with van der Waals surface area (Å²) in [4.78, 5) is 23.4. The molecule has 118 valence electrons. The minimum atomic E-state index is -0.898. The summed E-state index contributed by atoms with van der Waals surface area (Å²) in [7, 11) is 0. The van der Waals surface area contributed by atoms with E-state index in [9.17, 15) is 14.7 Å². The Kier molecular flexibility index (Phi) is 5.90. The van der Waals surface area contributed by atoms with E-state index in [2.05, 4.69) is 6.58 Å². The van der Waals surface area contributed by atoms with Gasteiger partial charge in [0.25, 0.3) is 0 Å². The molecule has 0 spiro atoms. The molecule has 0 radical (unpaired) electrons. The number of carbonyl (C=O) groups excluding carboxylic acids is 2. The molecule has 4 nitrogen and oxygen atoms in total. The average Bonchev–Trinajstić information content (AvgIpc) is 2.30. The number of Topliss-reactive ketones (excluding diaryl/α,β-unsaturated/α-hetero) is 1. The van der Waals surface area contributed by atoms with Crippen LogP contribution in [0.5, 0.6) is 0 Å². The minimum absolute atomic E-state index is 0.0627. The Morgan fingerprint density at radius 1 is 1.43 bits per heavy atom. The summed E-state index contributed by atoms with van der Waals surface area (Å²) in [6, 6.07) is 0. The van der Waals surface area contributed by atoms with Crippen LogP contribution in [0.3, 0.4) is 0 Å². The lowest BCUT2D eigenvalue weighted by molar-refractivity contribution is -0.144. The van der Waals surface area contributed by atoms with Crippen molar-refractivity contribution in [3.05, 3.63) is 23.8 Å². The summed E-state index contributed by atoms with van der Waals surface area (Å²) in [5.41, 5.74) is 0.643. The maximum Gasteiger partial charge on any atom is 0.303 e. The monoisotopic (exact) mass is 294 g/mol. The molecule has 0 heterocycles. The Morgan fingerprint density at radius 3 is 2.57 bits per heavy atom. The lowest BCUT2D eigenvalue weighted by Gasteiger charge is -2.30. The Hall–Kier alpha value is -1.42. The second-order valence-corrected chi connectivity index (χ2v) is 6.49. The Morgan fingerprint density at radius 2 is 2.05 bits per heavy atom. The molecule has 0 aromatic rings. The molecule has 4 heteroatoms. The van der Waals surface area contributed by atoms with Crippen molar-refractivity contribution in [2.45, 2.75) is 65.1 Å². The number of hydrogen-bond donors (Lipinski definition) is 1. The third-order valence-electron chi connectivity index (χ3n) is 3.95. The SMILES string of the molecule is C=C1CC(OC(C)=O)C=C(C)CCC(C(C)(C)O)CC1=O. The smallest absolute Gasteiger partial charge is 0.303 e. The van der Waals surface area contributed by atoms with E-state index in [1.54, 1.807) is 13.8 Å². The van der Waals surface area contributed by atoms with E-state index in [1.807, 2.05) is 13.0 Å². The van der Waals surface area contributed by atoms with Crippen molar-refractivity contribution in [1.82, 2.24) is 0 Å². The van der Waals surface area contributed by atoms with Gasteiger partial charge in [-0.3, -0.25) is 9.59 Å². The third-order valence-corrected chi connectivity index (χ3v) is 3.95. The first-order valence-electron chi connectivity index (χ1n) is 7.37. The Bertz CT molecular complexity index is 454. The molecule has 1 N–H and O–H groups in total. The summed E-state index contributed by atoms with van der Waals surface area (Å²) in [6.45, 7) is 10.6. The van der Waals surface area contributed by atoms with Crippen LogP contribution in [0.1, 0.15) is 53.4 Å². The Balaban J connectivity index is 2.98. The maximum atomic E-state index is 12.2. The van der Waals surface area contributed by atoms with E-state index >= 15 is 0 Å². The molecule has 0 aromatic heterocycles. The van der Waals surface area contributed by atoms with Gasteiger partial charge in [0.1, 0.15) is 6.10 Å². The number of aliphatic hydroxyl groups is 1. The maximum absolute atomic E-state index is 12.2. The number of hydrogen-bond acceptors (Lipinski definition) is 4. The number of esters is 1. The van der Waals surface area contributed by atoms with E-state index in [1.165, 1.54) is 6.92 Å². The lowest BCUT2D eigenvalue weighted by Crippen LogP contribution is -2.33. The molecule has 0 amide bonds. The van der Waals surface area contributed by atoms with Crippen LogP contribution in [-0.4, -0.2) is 28.6 Å². The topological polar surface area (TPSA) is 63.6 Å². The fraction of sp³-hybridized carbons (Fsp3) is 0.647. The number of ether oxygens (including phenoxy) is 1. The van der Waals surface area contributed by atoms with Crippen LogP contribution in [0.4, 0.5) is 0 Å². The lowest BCUT2D eigenvalue weighted by atomic mass is 9.80. The van der Waals surface area contributed by atoms with Gasteiger partial charge in [-0.1, -0.05) is 12.2 Å². The van der Waals surface area contributed by atoms with Gasteiger partial charge in [-0.05, 0) is 51.2 Å². The molecule has 21 heavy (non-hydrogen) atoms. The molecule has 0 fully saturated rings. The second kappa shape index (κ2) is 7.03. The third kappa shape index (κ3) is 5.84. The zero-order valence-electron chi connectivity index (χ0n) is 13.4. The summed E-state index contributed by atoms with van der Waals surface area (Å²) >= 11 is 0. The Labute approximate surface area is 126 Å². The highest BCUT2D eigenvalue weighted by Gasteiger charge is 2.30. The van der Waals surface area contributed by atoms with Crippen molar-refractivity contribution in [3.63, 3.8) is 0 Å². The van der Waals surface area contributed by atoms with E-state index in [0.717, 1.165) is 18.4 Å². The minimum Gasteiger partial charge on any atom is -0.458 e. The second-order valence-electron chi connectivity index (χ2n) is 6.49. The van der Waals surface area contributed by atoms with Crippen LogP contribution in [0.15, 0.2) is 23.8 Å². The number of allylic oxidation sites excluding steroid dienone is 1. The van der Waals surface area contributed by atoms with Gasteiger partial charge >= 0.3 is 5.97 Å². The highest BCUT2D eigenvalue weighted by Crippen LogP contribution is 2.30. The zero-order valence-corrected chi connectivity index (χ0v) is 13.4. The van der Waals surface area contributed by atoms with Crippen molar-refractivity contribution in [2.75, 3.05) is 0 Å². The predicted molar refractivity (Wildman–Crippen MR) is 81.7 cm³/mol. The van der Waals surface area contributed by atoms with Crippen LogP contribution in [-0.2, 0) is 14.3 Å². The largest absolute Gasteiger partial charge is 0.458 e. The summed E-state index contributed by atoms with van der Waals surface area (Å²) in [6.07, 6.45) is 3.53. The summed E-state index contributed by atoms with van der Waals surface area (Å²) in [5, 5.41) is 10.2. The van der Waals surface area contributed by atoms with Gasteiger partial charge in [0.2, 0.25) is 0 Å². The summed E-state index contributed by atoms with van der Waals surface area (Å²) < 4.78 is 5.23. The first kappa shape index (κ1) is 17.6. The molecule has 1 aliphatic carbocycles. The molecule has 0 aliphatic heterocycles. The van der Waals surface area contributed by atoms with Gasteiger partial charge in [-0.15, -0.1) is 0 Å². The van der Waals surface area contributed by atoms with Crippen molar-refractivity contribution in [3.8, 4) is 0 Å². The molecule has 0 aromatic carbocycles. The molecule has 1 rings (SSSR count). The number of rotatable bonds is 2. The molecule has 0 bridgehead atoms. The van der Waals surface area contributed by atoms with Crippen molar-refractivity contribution >= 4 is 11.8 Å². The van der Waals surface area contributed by atoms with Gasteiger partial charge in [0, 0.05) is 19.8 Å². The molecular weight excluding hydrogens is 268 g/mol. The first-order chi connectivity index (χ1) is 9.59. The standard InChI is InChI=1S/C17H26O4/c1-11-6-7-14(17(4,5)20)10-16(19)12(2)9-15(8-11)21-13(3)18/h8,14-15,20H,2,6-7,9-10H2,1,3-5H3. The molecule has 2 atom stereocenters. The van der Waals surface area contributed by atoms with Crippen molar-refractivity contribution in [1.29, 1.82) is 0 Å². The van der Waals surface area contributed by atoms with E-state index in [-0.39, 0.29) is 24.1 Å². The summed E-state index contributed by atoms with van der Waals surface area (Å²) in [5.74, 6) is -0.529. The van der Waals surface area contributed by atoms with Crippen molar-refractivity contribution in [2.24, 2.45) is 5.92 Å². The van der Waals surface area contributed by atoms with Gasteiger partial charge in [-0.2, -0.15) is 0 Å². The fourth-order valence-electron chi connectivity index (χ4n) is 2.58. The van der Waals surface area contributed by atoms with Crippen LogP contribution >= 0.6 is 0 Å². The van der Waals surface area contributed by atoms with Gasteiger partial charge in [-0.25, -0.2) is 0 Å². The molecular formula is C17H26O4. The van der Waals surface area contributed by atoms with E-state index in [4.69, 9.17) is 4.74 Å². The zero-order chi connectivity index (χ0) is 16.2. The van der Waals surface area contributed by atoms with Gasteiger partial charge < -0.3 is 9.84 Å². The van der Waals surface area contributed by atoms with E-state index in [0.29, 0.717) is 12.0 Å². The normalized spacial score (nSPS) is 25.3. The molecule has 1 aliphatic rings. The van der Waals surface area contributed by atoms with Crippen LogP contribution < -0.4 is 0 Å². The molecule has 2 unspecified atom stereocenters. The fourth-order valence-corrected chi connectivity index (χ4v) is 2.58. The quantitative estimate of drug-likeness (QED) is 0.483. The first-order valence-corrected chi connectivity index (χ1v) is 7.37. The van der Waals surface area contributed by atoms with Crippen LogP contribution in [0.25, 0.3) is 0 Å². The number of ketones is 1. The number of carbonyl (C=O) groups is 2.